The molecule has 1 aromatic carbocycles. The summed E-state index contributed by atoms with van der Waals surface area (Å²) in [4.78, 5) is 25.4. The topological polar surface area (TPSA) is 75.7 Å². The molecule has 0 radical (unpaired) electrons. The smallest absolute Gasteiger partial charge is 0.420 e. The van der Waals surface area contributed by atoms with E-state index < -0.39 is 11.6 Å². The van der Waals surface area contributed by atoms with Crippen molar-refractivity contribution in [1.29, 1.82) is 0 Å². The number of amides is 1. The van der Waals surface area contributed by atoms with Gasteiger partial charge in [-0.25, -0.2) is 9.59 Å². The summed E-state index contributed by atoms with van der Waals surface area (Å²) in [6, 6.07) is 7.49. The molecule has 0 atom stereocenters. The Bertz CT molecular complexity index is 791. The number of hydrogen-bond donors (Lipinski definition) is 1. The Labute approximate surface area is 140 Å². The number of carboxylic acid groups (broad SMARTS) is 1. The first-order chi connectivity index (χ1) is 11.3. The number of hydrogen-bond acceptors (Lipinski definition) is 3. The normalized spacial score (nSPS) is 21.8. The van der Waals surface area contributed by atoms with Gasteiger partial charge >= 0.3 is 11.8 Å². The van der Waals surface area contributed by atoms with Crippen molar-refractivity contribution in [2.75, 3.05) is 0 Å². The van der Waals surface area contributed by atoms with Crippen LogP contribution < -0.4 is 5.76 Å². The van der Waals surface area contributed by atoms with E-state index in [1.165, 1.54) is 0 Å². The number of carbonyl (C=O) groups is 1. The molecule has 0 saturated heterocycles. The summed E-state index contributed by atoms with van der Waals surface area (Å²) in [5.74, 6) is -0.328. The molecule has 0 bridgehead atoms. The second-order valence-electron chi connectivity index (χ2n) is 7.49. The van der Waals surface area contributed by atoms with Gasteiger partial charge in [0.1, 0.15) is 0 Å². The zero-order chi connectivity index (χ0) is 17.5. The Morgan fingerprint density at radius 2 is 1.83 bits per heavy atom. The molecule has 0 spiro atoms. The van der Waals surface area contributed by atoms with Crippen LogP contribution in [0.25, 0.3) is 11.1 Å². The summed E-state index contributed by atoms with van der Waals surface area (Å²) >= 11 is 0. The zero-order valence-electron chi connectivity index (χ0n) is 14.4. The summed E-state index contributed by atoms with van der Waals surface area (Å²) < 4.78 is 7.05. The first-order valence-corrected chi connectivity index (χ1v) is 8.41. The number of benzene rings is 1. The molecule has 0 unspecified atom stereocenters. The van der Waals surface area contributed by atoms with Crippen molar-refractivity contribution in [2.45, 2.75) is 64.1 Å². The van der Waals surface area contributed by atoms with Crippen LogP contribution >= 0.6 is 0 Å². The maximum Gasteiger partial charge on any atom is 0.420 e. The molecule has 2 aromatic rings. The van der Waals surface area contributed by atoms with Crippen molar-refractivity contribution in [2.24, 2.45) is 0 Å². The van der Waals surface area contributed by atoms with Crippen LogP contribution in [0.1, 0.15) is 52.5 Å². The van der Waals surface area contributed by atoms with Crippen molar-refractivity contribution in [3.63, 3.8) is 0 Å². The molecule has 3 rings (SSSR count). The Hall–Kier alpha value is -2.24. The van der Waals surface area contributed by atoms with Gasteiger partial charge in [-0.3, -0.25) is 4.57 Å². The molecule has 1 aliphatic carbocycles. The van der Waals surface area contributed by atoms with Crippen LogP contribution in [0.4, 0.5) is 4.79 Å². The standard InChI is InChI=1S/C18H24N2O4/c1-18(2,3)20(16(21)22)13-10-8-12(9-11-13)19-14-6-4-5-7-15(14)24-17(19)23/h4-7,12-13H,8-11H2,1-3H3,(H,21,22). The second-order valence-corrected chi connectivity index (χ2v) is 7.49. The molecule has 24 heavy (non-hydrogen) atoms. The van der Waals surface area contributed by atoms with E-state index in [9.17, 15) is 14.7 Å². The molecule has 1 aliphatic rings. The molecule has 1 fully saturated rings. The highest BCUT2D eigenvalue weighted by Gasteiger charge is 2.36. The maximum atomic E-state index is 12.2. The van der Waals surface area contributed by atoms with Gasteiger partial charge in [-0.1, -0.05) is 12.1 Å². The minimum absolute atomic E-state index is 0.00684. The van der Waals surface area contributed by atoms with E-state index in [0.29, 0.717) is 5.58 Å². The van der Waals surface area contributed by atoms with Gasteiger partial charge in [-0.05, 0) is 58.6 Å². The number of nitrogens with zero attached hydrogens (tertiary/aromatic N) is 2. The second kappa shape index (κ2) is 6.00. The van der Waals surface area contributed by atoms with E-state index in [-0.39, 0.29) is 17.8 Å². The number of para-hydroxylation sites is 2. The molecule has 6 heteroatoms. The van der Waals surface area contributed by atoms with E-state index in [1.54, 1.807) is 15.5 Å². The van der Waals surface area contributed by atoms with Gasteiger partial charge in [-0.15, -0.1) is 0 Å². The number of aromatic nitrogens is 1. The quantitative estimate of drug-likeness (QED) is 0.906. The van der Waals surface area contributed by atoms with Gasteiger partial charge in [0.15, 0.2) is 5.58 Å². The summed E-state index contributed by atoms with van der Waals surface area (Å²) in [5.41, 5.74) is 0.992. The van der Waals surface area contributed by atoms with Crippen molar-refractivity contribution in [3.05, 3.63) is 34.8 Å². The lowest BCUT2D eigenvalue weighted by atomic mass is 9.88. The Kier molecular flexibility index (Phi) is 4.15. The molecule has 1 N–H and O–H groups in total. The van der Waals surface area contributed by atoms with Gasteiger partial charge in [0.2, 0.25) is 0 Å². The fourth-order valence-electron chi connectivity index (χ4n) is 3.90. The number of fused-ring (bicyclic) bond motifs is 1. The molecule has 0 aliphatic heterocycles. The summed E-state index contributed by atoms with van der Waals surface area (Å²) in [6.07, 6.45) is 2.17. The van der Waals surface area contributed by atoms with Crippen molar-refractivity contribution in [3.8, 4) is 0 Å². The maximum absolute atomic E-state index is 12.2. The monoisotopic (exact) mass is 332 g/mol. The van der Waals surface area contributed by atoms with Gasteiger partial charge in [0.25, 0.3) is 0 Å². The van der Waals surface area contributed by atoms with Crippen LogP contribution in [0.15, 0.2) is 33.5 Å². The number of oxazole rings is 1. The predicted octanol–water partition coefficient (Wildman–Crippen LogP) is 3.86. The van der Waals surface area contributed by atoms with Gasteiger partial charge in [0, 0.05) is 17.6 Å². The highest BCUT2D eigenvalue weighted by molar-refractivity contribution is 5.72. The molecular formula is C18H24N2O4. The summed E-state index contributed by atoms with van der Waals surface area (Å²) in [5, 5.41) is 9.55. The summed E-state index contributed by atoms with van der Waals surface area (Å²) in [7, 11) is 0. The minimum atomic E-state index is -0.878. The molecule has 1 heterocycles. The third-order valence-corrected chi connectivity index (χ3v) is 4.84. The number of rotatable bonds is 2. The van der Waals surface area contributed by atoms with Gasteiger partial charge < -0.3 is 14.4 Å². The third-order valence-electron chi connectivity index (χ3n) is 4.84. The SMILES string of the molecule is CC(C)(C)N(C(=O)O)C1CCC(n2c(=O)oc3ccccc32)CC1. The average molecular weight is 332 g/mol. The highest BCUT2D eigenvalue weighted by atomic mass is 16.4. The Morgan fingerprint density at radius 1 is 1.21 bits per heavy atom. The highest BCUT2D eigenvalue weighted by Crippen LogP contribution is 2.34. The van der Waals surface area contributed by atoms with Crippen LogP contribution in [0.5, 0.6) is 0 Å². The van der Waals surface area contributed by atoms with E-state index in [0.717, 1.165) is 31.2 Å². The lowest BCUT2D eigenvalue weighted by molar-refractivity contribution is 0.0510. The minimum Gasteiger partial charge on any atom is -0.465 e. The Balaban J connectivity index is 1.81. The first-order valence-electron chi connectivity index (χ1n) is 8.41. The predicted molar refractivity (Wildman–Crippen MR) is 91.4 cm³/mol. The summed E-state index contributed by atoms with van der Waals surface area (Å²) in [6.45, 7) is 5.75. The lowest BCUT2D eigenvalue weighted by Gasteiger charge is -2.42. The Morgan fingerprint density at radius 3 is 2.42 bits per heavy atom. The van der Waals surface area contributed by atoms with Crippen molar-refractivity contribution < 1.29 is 14.3 Å². The molecule has 1 saturated carbocycles. The van der Waals surface area contributed by atoms with E-state index in [1.807, 2.05) is 39.0 Å². The van der Waals surface area contributed by atoms with Gasteiger partial charge in [-0.2, -0.15) is 0 Å². The van der Waals surface area contributed by atoms with E-state index in [2.05, 4.69) is 0 Å². The van der Waals surface area contributed by atoms with Crippen LogP contribution in [0.2, 0.25) is 0 Å². The van der Waals surface area contributed by atoms with Crippen LogP contribution in [0.3, 0.4) is 0 Å². The molecule has 1 amide bonds. The average Bonchev–Trinajstić information content (AvgIpc) is 2.82. The van der Waals surface area contributed by atoms with Gasteiger partial charge in [0.05, 0.1) is 5.52 Å². The van der Waals surface area contributed by atoms with Crippen LogP contribution in [-0.4, -0.2) is 32.2 Å². The van der Waals surface area contributed by atoms with E-state index >= 15 is 0 Å². The zero-order valence-corrected chi connectivity index (χ0v) is 14.4. The van der Waals surface area contributed by atoms with Crippen molar-refractivity contribution in [1.82, 2.24) is 9.47 Å². The van der Waals surface area contributed by atoms with Crippen molar-refractivity contribution >= 4 is 17.2 Å². The molecule has 1 aromatic heterocycles. The van der Waals surface area contributed by atoms with E-state index in [4.69, 9.17) is 4.42 Å². The lowest BCUT2D eigenvalue weighted by Crippen LogP contribution is -2.52. The largest absolute Gasteiger partial charge is 0.465 e. The fraction of sp³-hybridized carbons (Fsp3) is 0.556. The van der Waals surface area contributed by atoms with Crippen LogP contribution in [-0.2, 0) is 0 Å². The fourth-order valence-corrected chi connectivity index (χ4v) is 3.90. The molecule has 6 nitrogen and oxygen atoms in total. The van der Waals surface area contributed by atoms with Crippen LogP contribution in [0, 0.1) is 0 Å². The molecule has 130 valence electrons. The first kappa shape index (κ1) is 16.6. The third kappa shape index (κ3) is 2.92. The molecular weight excluding hydrogens is 308 g/mol.